The van der Waals surface area contributed by atoms with Crippen molar-refractivity contribution >= 4 is 33.2 Å². The Bertz CT molecular complexity index is 436. The number of rotatable bonds is 3. The van der Waals surface area contributed by atoms with E-state index < -0.39 is 0 Å². The van der Waals surface area contributed by atoms with E-state index in [1.54, 1.807) is 0 Å². The van der Waals surface area contributed by atoms with Gasteiger partial charge in [-0.25, -0.2) is 0 Å². The molecule has 0 spiro atoms. The molecular formula is C15H22BrClN2. The summed E-state index contributed by atoms with van der Waals surface area (Å²) in [5.41, 5.74) is 1.20. The van der Waals surface area contributed by atoms with Crippen LogP contribution in [0.25, 0.3) is 0 Å². The summed E-state index contributed by atoms with van der Waals surface area (Å²) in [6.07, 6.45) is 1.21. The molecule has 2 unspecified atom stereocenters. The van der Waals surface area contributed by atoms with Crippen LogP contribution in [0.2, 0.25) is 5.02 Å². The number of hydrogen-bond donors (Lipinski definition) is 1. The van der Waals surface area contributed by atoms with Crippen molar-refractivity contribution in [1.82, 2.24) is 5.32 Å². The molecule has 2 nitrogen and oxygen atoms in total. The van der Waals surface area contributed by atoms with Gasteiger partial charge in [0.15, 0.2) is 0 Å². The summed E-state index contributed by atoms with van der Waals surface area (Å²) < 4.78 is 1.12. The quantitative estimate of drug-likeness (QED) is 0.878. The van der Waals surface area contributed by atoms with E-state index in [0.717, 1.165) is 28.5 Å². The summed E-state index contributed by atoms with van der Waals surface area (Å²) in [6, 6.07) is 7.05. The molecule has 0 aromatic heterocycles. The second kappa shape index (κ2) is 6.47. The van der Waals surface area contributed by atoms with Crippen LogP contribution in [0.1, 0.15) is 27.2 Å². The molecule has 1 heterocycles. The largest absolute Gasteiger partial charge is 0.365 e. The van der Waals surface area contributed by atoms with Gasteiger partial charge in [-0.3, -0.25) is 0 Å². The summed E-state index contributed by atoms with van der Waals surface area (Å²) in [4.78, 5) is 2.46. The van der Waals surface area contributed by atoms with Crippen molar-refractivity contribution in [2.24, 2.45) is 5.92 Å². The van der Waals surface area contributed by atoms with Gasteiger partial charge in [-0.2, -0.15) is 0 Å². The molecule has 1 aromatic rings. The van der Waals surface area contributed by atoms with Crippen LogP contribution in [0, 0.1) is 5.92 Å². The van der Waals surface area contributed by atoms with Gasteiger partial charge in [0.1, 0.15) is 0 Å². The van der Waals surface area contributed by atoms with Gasteiger partial charge in [-0.05, 0) is 53.4 Å². The lowest BCUT2D eigenvalue weighted by Gasteiger charge is -2.41. The predicted molar refractivity (Wildman–Crippen MR) is 87.2 cm³/mol. The van der Waals surface area contributed by atoms with Crippen molar-refractivity contribution in [3.05, 3.63) is 27.7 Å². The molecule has 1 fully saturated rings. The van der Waals surface area contributed by atoms with Gasteiger partial charge in [-0.15, -0.1) is 0 Å². The molecule has 106 valence electrons. The number of halogens is 2. The van der Waals surface area contributed by atoms with Crippen LogP contribution in [0.4, 0.5) is 5.69 Å². The Balaban J connectivity index is 2.18. The fourth-order valence-corrected chi connectivity index (χ4v) is 3.34. The van der Waals surface area contributed by atoms with Crippen molar-refractivity contribution in [2.75, 3.05) is 18.0 Å². The maximum absolute atomic E-state index is 6.14. The Hall–Kier alpha value is -0.250. The maximum atomic E-state index is 6.14. The van der Waals surface area contributed by atoms with Gasteiger partial charge in [0, 0.05) is 34.7 Å². The van der Waals surface area contributed by atoms with Crippen LogP contribution in [-0.4, -0.2) is 25.2 Å². The maximum Gasteiger partial charge on any atom is 0.0528 e. The molecule has 2 rings (SSSR count). The summed E-state index contributed by atoms with van der Waals surface area (Å²) in [7, 11) is 0. The minimum atomic E-state index is 0.484. The Morgan fingerprint density at radius 1 is 1.47 bits per heavy atom. The van der Waals surface area contributed by atoms with Gasteiger partial charge in [-0.1, -0.05) is 25.4 Å². The smallest absolute Gasteiger partial charge is 0.0528 e. The Morgan fingerprint density at radius 2 is 2.21 bits per heavy atom. The highest BCUT2D eigenvalue weighted by atomic mass is 79.9. The first-order chi connectivity index (χ1) is 8.97. The third-order valence-corrected chi connectivity index (χ3v) is 4.53. The molecule has 1 aliphatic heterocycles. The first-order valence-electron chi connectivity index (χ1n) is 6.92. The van der Waals surface area contributed by atoms with Gasteiger partial charge in [0.25, 0.3) is 0 Å². The van der Waals surface area contributed by atoms with Crippen molar-refractivity contribution in [1.29, 1.82) is 0 Å². The van der Waals surface area contributed by atoms with E-state index in [2.05, 4.69) is 53.0 Å². The molecule has 0 aliphatic carbocycles. The molecule has 0 saturated carbocycles. The Kier molecular flexibility index (Phi) is 5.15. The lowest BCUT2D eigenvalue weighted by Crippen LogP contribution is -2.56. The van der Waals surface area contributed by atoms with Crippen molar-refractivity contribution in [2.45, 2.75) is 39.3 Å². The highest BCUT2D eigenvalue weighted by molar-refractivity contribution is 9.10. The minimum Gasteiger partial charge on any atom is -0.365 e. The first-order valence-corrected chi connectivity index (χ1v) is 8.09. The van der Waals surface area contributed by atoms with Gasteiger partial charge in [0.05, 0.1) is 5.69 Å². The molecule has 1 aliphatic rings. The van der Waals surface area contributed by atoms with Crippen LogP contribution < -0.4 is 10.2 Å². The number of anilines is 1. The zero-order valence-electron chi connectivity index (χ0n) is 11.8. The average Bonchev–Trinajstić information content (AvgIpc) is 2.34. The van der Waals surface area contributed by atoms with Crippen LogP contribution in [-0.2, 0) is 0 Å². The number of nitrogens with zero attached hydrogens (tertiary/aromatic N) is 1. The number of nitrogens with one attached hydrogen (secondary N) is 1. The number of benzene rings is 1. The van der Waals surface area contributed by atoms with Crippen LogP contribution in [0.5, 0.6) is 0 Å². The molecule has 0 bridgehead atoms. The van der Waals surface area contributed by atoms with E-state index in [0.29, 0.717) is 12.1 Å². The minimum absolute atomic E-state index is 0.484. The molecule has 1 N–H and O–H groups in total. The summed E-state index contributed by atoms with van der Waals surface area (Å²) >= 11 is 9.78. The summed E-state index contributed by atoms with van der Waals surface area (Å²) in [5, 5.41) is 4.44. The monoisotopic (exact) mass is 344 g/mol. The third kappa shape index (κ3) is 3.87. The average molecular weight is 346 g/mol. The molecule has 1 aromatic carbocycles. The fourth-order valence-electron chi connectivity index (χ4n) is 2.70. The van der Waals surface area contributed by atoms with Gasteiger partial charge in [0.2, 0.25) is 0 Å². The van der Waals surface area contributed by atoms with Crippen LogP contribution >= 0.6 is 27.5 Å². The molecule has 1 saturated heterocycles. The number of hydrogen-bond acceptors (Lipinski definition) is 2. The van der Waals surface area contributed by atoms with Gasteiger partial charge < -0.3 is 10.2 Å². The van der Waals surface area contributed by atoms with E-state index >= 15 is 0 Å². The topological polar surface area (TPSA) is 15.3 Å². The van der Waals surface area contributed by atoms with Crippen molar-refractivity contribution < 1.29 is 0 Å². The zero-order chi connectivity index (χ0) is 14.0. The van der Waals surface area contributed by atoms with E-state index in [-0.39, 0.29) is 0 Å². The van der Waals surface area contributed by atoms with Crippen LogP contribution in [0.15, 0.2) is 22.7 Å². The summed E-state index contributed by atoms with van der Waals surface area (Å²) in [5.74, 6) is 0.718. The van der Waals surface area contributed by atoms with Crippen molar-refractivity contribution in [3.8, 4) is 0 Å². The Labute approximate surface area is 129 Å². The fraction of sp³-hybridized carbons (Fsp3) is 0.600. The lowest BCUT2D eigenvalue weighted by atomic mass is 9.99. The predicted octanol–water partition coefficient (Wildman–Crippen LogP) is 4.32. The van der Waals surface area contributed by atoms with E-state index in [4.69, 9.17) is 11.6 Å². The number of piperazine rings is 1. The van der Waals surface area contributed by atoms with Crippen molar-refractivity contribution in [3.63, 3.8) is 0 Å². The molecular weight excluding hydrogens is 324 g/mol. The van der Waals surface area contributed by atoms with Gasteiger partial charge >= 0.3 is 0 Å². The van der Waals surface area contributed by atoms with E-state index in [9.17, 15) is 0 Å². The normalized spacial score (nSPS) is 24.0. The second-order valence-corrected chi connectivity index (χ2v) is 7.12. The Morgan fingerprint density at radius 3 is 2.89 bits per heavy atom. The van der Waals surface area contributed by atoms with E-state index in [1.807, 2.05) is 12.1 Å². The highest BCUT2D eigenvalue weighted by Gasteiger charge is 2.26. The first kappa shape index (κ1) is 15.1. The molecule has 2 atom stereocenters. The molecule has 4 heteroatoms. The van der Waals surface area contributed by atoms with Crippen LogP contribution in [0.3, 0.4) is 0 Å². The molecule has 19 heavy (non-hydrogen) atoms. The standard InChI is InChI=1S/C15H22BrClN2/c1-10(2)6-13-9-19(11(3)8-18-13)15-7-12(17)4-5-14(15)16/h4-5,7,10-11,13,18H,6,8-9H2,1-3H3. The second-order valence-electron chi connectivity index (χ2n) is 5.83. The molecule has 0 amide bonds. The summed E-state index contributed by atoms with van der Waals surface area (Å²) in [6.45, 7) is 8.87. The zero-order valence-corrected chi connectivity index (χ0v) is 14.1. The SMILES string of the molecule is CC(C)CC1CN(c2cc(Cl)ccc2Br)C(C)CN1. The molecule has 0 radical (unpaired) electrons. The third-order valence-electron chi connectivity index (χ3n) is 3.62. The lowest BCUT2D eigenvalue weighted by molar-refractivity contribution is 0.355. The highest BCUT2D eigenvalue weighted by Crippen LogP contribution is 2.32. The van der Waals surface area contributed by atoms with E-state index in [1.165, 1.54) is 12.1 Å².